The lowest BCUT2D eigenvalue weighted by molar-refractivity contribution is 0.332. The fourth-order valence-electron chi connectivity index (χ4n) is 2.75. The van der Waals surface area contributed by atoms with E-state index in [2.05, 4.69) is 15.3 Å². The van der Waals surface area contributed by atoms with Gasteiger partial charge < -0.3 is 10.1 Å². The zero-order valence-corrected chi connectivity index (χ0v) is 17.8. The highest BCUT2D eigenvalue weighted by molar-refractivity contribution is 7.90. The second kappa shape index (κ2) is 9.24. The van der Waals surface area contributed by atoms with Gasteiger partial charge in [0.15, 0.2) is 15.7 Å². The number of hydrogen-bond donors (Lipinski definition) is 1. The van der Waals surface area contributed by atoms with E-state index in [9.17, 15) is 8.42 Å². The molecule has 0 saturated carbocycles. The predicted molar refractivity (Wildman–Crippen MR) is 115 cm³/mol. The Morgan fingerprint density at radius 3 is 2.34 bits per heavy atom. The summed E-state index contributed by atoms with van der Waals surface area (Å²) in [5.41, 5.74) is 1.74. The van der Waals surface area contributed by atoms with Gasteiger partial charge in [0.2, 0.25) is 0 Å². The van der Waals surface area contributed by atoms with Crippen LogP contribution in [0.5, 0.6) is 5.75 Å². The van der Waals surface area contributed by atoms with Gasteiger partial charge in [-0.15, -0.1) is 0 Å². The fraction of sp³-hybridized carbons (Fsp3) is 0.238. The van der Waals surface area contributed by atoms with E-state index in [1.807, 2.05) is 37.3 Å². The topological polar surface area (TPSA) is 81.2 Å². The van der Waals surface area contributed by atoms with Gasteiger partial charge in [0.25, 0.3) is 0 Å². The number of aromatic nitrogens is 2. The molecule has 0 amide bonds. The molecule has 0 bridgehead atoms. The van der Waals surface area contributed by atoms with Gasteiger partial charge in [-0.2, -0.15) is 0 Å². The zero-order valence-electron chi connectivity index (χ0n) is 16.2. The first kappa shape index (κ1) is 21.1. The van der Waals surface area contributed by atoms with Crippen molar-refractivity contribution in [2.45, 2.75) is 18.2 Å². The molecule has 0 radical (unpaired) electrons. The Hall–Kier alpha value is -2.64. The SMILES string of the molecule is CCc1c(Cl)nc(-c2ccccc2)nc1NCCOc1ccc(S(C)(=O)=O)cc1. The lowest BCUT2D eigenvalue weighted by Crippen LogP contribution is -2.14. The molecule has 6 nitrogen and oxygen atoms in total. The van der Waals surface area contributed by atoms with Crippen molar-refractivity contribution in [2.75, 3.05) is 24.7 Å². The summed E-state index contributed by atoms with van der Waals surface area (Å²) in [5.74, 6) is 1.84. The van der Waals surface area contributed by atoms with E-state index in [0.717, 1.165) is 11.1 Å². The third-order valence-electron chi connectivity index (χ3n) is 4.26. The summed E-state index contributed by atoms with van der Waals surface area (Å²) in [6.45, 7) is 2.88. The smallest absolute Gasteiger partial charge is 0.175 e. The predicted octanol–water partition coefficient (Wildman–Crippen LogP) is 4.25. The van der Waals surface area contributed by atoms with Crippen LogP contribution in [0.4, 0.5) is 5.82 Å². The first-order valence-corrected chi connectivity index (χ1v) is 11.4. The molecular weight excluding hydrogens is 410 g/mol. The Bertz CT molecular complexity index is 1070. The van der Waals surface area contributed by atoms with Gasteiger partial charge in [0, 0.05) is 17.4 Å². The van der Waals surface area contributed by atoms with Crippen molar-refractivity contribution >= 4 is 27.3 Å². The van der Waals surface area contributed by atoms with E-state index < -0.39 is 9.84 Å². The Kier molecular flexibility index (Phi) is 6.71. The van der Waals surface area contributed by atoms with E-state index in [1.54, 1.807) is 12.1 Å². The van der Waals surface area contributed by atoms with Crippen LogP contribution in [-0.4, -0.2) is 37.8 Å². The standard InChI is InChI=1S/C21H22ClN3O3S/c1-3-18-19(22)24-20(15-7-5-4-6-8-15)25-21(18)23-13-14-28-16-9-11-17(12-10-16)29(2,26)27/h4-12H,3,13-14H2,1-2H3,(H,23,24,25). The number of benzene rings is 2. The molecule has 1 N–H and O–H groups in total. The molecule has 2 aromatic carbocycles. The Balaban J connectivity index is 1.66. The molecule has 0 fully saturated rings. The van der Waals surface area contributed by atoms with Crippen molar-refractivity contribution < 1.29 is 13.2 Å². The number of sulfone groups is 1. The first-order chi connectivity index (χ1) is 13.9. The minimum absolute atomic E-state index is 0.264. The van der Waals surface area contributed by atoms with Crippen LogP contribution in [-0.2, 0) is 16.3 Å². The highest BCUT2D eigenvalue weighted by Gasteiger charge is 2.13. The van der Waals surface area contributed by atoms with Gasteiger partial charge in [0.1, 0.15) is 23.3 Å². The van der Waals surface area contributed by atoms with Gasteiger partial charge >= 0.3 is 0 Å². The van der Waals surface area contributed by atoms with E-state index in [0.29, 0.717) is 42.1 Å². The number of nitrogens with one attached hydrogen (secondary N) is 1. The van der Waals surface area contributed by atoms with Crippen LogP contribution in [0.1, 0.15) is 12.5 Å². The second-order valence-corrected chi connectivity index (χ2v) is 8.78. The minimum Gasteiger partial charge on any atom is -0.492 e. The molecule has 29 heavy (non-hydrogen) atoms. The van der Waals surface area contributed by atoms with Gasteiger partial charge in [-0.25, -0.2) is 18.4 Å². The van der Waals surface area contributed by atoms with E-state index in [-0.39, 0.29) is 4.90 Å². The molecular formula is C21H22ClN3O3S. The van der Waals surface area contributed by atoms with Crippen molar-refractivity contribution in [3.05, 3.63) is 65.3 Å². The Morgan fingerprint density at radius 1 is 1.03 bits per heavy atom. The summed E-state index contributed by atoms with van der Waals surface area (Å²) in [6, 6.07) is 16.0. The van der Waals surface area contributed by atoms with Gasteiger partial charge in [-0.3, -0.25) is 0 Å². The Morgan fingerprint density at radius 2 is 1.72 bits per heavy atom. The highest BCUT2D eigenvalue weighted by Crippen LogP contribution is 2.26. The number of halogens is 1. The van der Waals surface area contributed by atoms with Gasteiger partial charge in [-0.1, -0.05) is 48.9 Å². The van der Waals surface area contributed by atoms with E-state index in [1.165, 1.54) is 18.4 Å². The number of rotatable bonds is 8. The summed E-state index contributed by atoms with van der Waals surface area (Å²) in [7, 11) is -3.21. The molecule has 0 aliphatic rings. The molecule has 0 saturated heterocycles. The molecule has 0 unspecified atom stereocenters. The summed E-state index contributed by atoms with van der Waals surface area (Å²) < 4.78 is 28.7. The van der Waals surface area contributed by atoms with Crippen LogP contribution in [0, 0.1) is 0 Å². The van der Waals surface area contributed by atoms with Crippen LogP contribution in [0.2, 0.25) is 5.15 Å². The average Bonchev–Trinajstić information content (AvgIpc) is 2.71. The third-order valence-corrected chi connectivity index (χ3v) is 5.70. The van der Waals surface area contributed by atoms with Crippen LogP contribution < -0.4 is 10.1 Å². The lowest BCUT2D eigenvalue weighted by Gasteiger charge is -2.13. The lowest BCUT2D eigenvalue weighted by atomic mass is 10.2. The van der Waals surface area contributed by atoms with Crippen LogP contribution in [0.3, 0.4) is 0 Å². The normalized spacial score (nSPS) is 11.3. The van der Waals surface area contributed by atoms with Crippen molar-refractivity contribution in [1.29, 1.82) is 0 Å². The highest BCUT2D eigenvalue weighted by atomic mass is 35.5. The van der Waals surface area contributed by atoms with Crippen molar-refractivity contribution in [2.24, 2.45) is 0 Å². The summed E-state index contributed by atoms with van der Waals surface area (Å²) in [5, 5.41) is 3.70. The van der Waals surface area contributed by atoms with Crippen molar-refractivity contribution in [3.63, 3.8) is 0 Å². The number of nitrogens with zero attached hydrogens (tertiary/aromatic N) is 2. The molecule has 1 heterocycles. The van der Waals surface area contributed by atoms with E-state index in [4.69, 9.17) is 16.3 Å². The quantitative estimate of drug-likeness (QED) is 0.424. The molecule has 0 spiro atoms. The molecule has 0 atom stereocenters. The molecule has 152 valence electrons. The maximum absolute atomic E-state index is 11.5. The van der Waals surface area contributed by atoms with Crippen LogP contribution in [0.25, 0.3) is 11.4 Å². The maximum Gasteiger partial charge on any atom is 0.175 e. The first-order valence-electron chi connectivity index (χ1n) is 9.17. The fourth-order valence-corrected chi connectivity index (χ4v) is 3.69. The summed E-state index contributed by atoms with van der Waals surface area (Å²) in [6.07, 6.45) is 1.87. The van der Waals surface area contributed by atoms with Crippen LogP contribution >= 0.6 is 11.6 Å². The van der Waals surface area contributed by atoms with Gasteiger partial charge in [-0.05, 0) is 30.7 Å². The number of anilines is 1. The minimum atomic E-state index is -3.21. The van der Waals surface area contributed by atoms with Gasteiger partial charge in [0.05, 0.1) is 11.4 Å². The zero-order chi connectivity index (χ0) is 20.9. The average molecular weight is 432 g/mol. The summed E-state index contributed by atoms with van der Waals surface area (Å²) >= 11 is 6.37. The number of hydrogen-bond acceptors (Lipinski definition) is 6. The van der Waals surface area contributed by atoms with E-state index >= 15 is 0 Å². The van der Waals surface area contributed by atoms with Crippen molar-refractivity contribution in [1.82, 2.24) is 9.97 Å². The van der Waals surface area contributed by atoms with Crippen molar-refractivity contribution in [3.8, 4) is 17.1 Å². The maximum atomic E-state index is 11.5. The molecule has 0 aliphatic carbocycles. The summed E-state index contributed by atoms with van der Waals surface area (Å²) in [4.78, 5) is 9.31. The third kappa shape index (κ3) is 5.46. The van der Waals surface area contributed by atoms with Crippen LogP contribution in [0.15, 0.2) is 59.5 Å². The molecule has 8 heteroatoms. The molecule has 3 aromatic rings. The largest absolute Gasteiger partial charge is 0.492 e. The monoisotopic (exact) mass is 431 g/mol. The Labute approximate surface area is 175 Å². The molecule has 1 aromatic heterocycles. The second-order valence-electron chi connectivity index (χ2n) is 6.40. The molecule has 3 rings (SSSR count). The number of ether oxygens (including phenoxy) is 1. The molecule has 0 aliphatic heterocycles.